The molecular weight excluding hydrogens is 309 g/mol. The smallest absolute Gasteiger partial charge is 0.446 e. The molecule has 1 rings (SSSR count). The second-order valence-electron chi connectivity index (χ2n) is 3.16. The second kappa shape index (κ2) is 5.96. The van der Waals surface area contributed by atoms with Gasteiger partial charge in [-0.05, 0) is 23.9 Å². The summed E-state index contributed by atoms with van der Waals surface area (Å²) in [6, 6.07) is 2.62. The summed E-state index contributed by atoms with van der Waals surface area (Å²) >= 11 is -0.892. The average Bonchev–Trinajstić information content (AvgIpc) is 2.28. The number of hydrogen-bond donors (Lipinski definition) is 1. The minimum atomic E-state index is -4.90. The minimum Gasteiger partial charge on any atom is -0.478 e. The Morgan fingerprint density at radius 3 is 2.40 bits per heavy atom. The molecule has 0 unspecified atom stereocenters. The molecular formula is C10H4F5NO3S. The summed E-state index contributed by atoms with van der Waals surface area (Å²) < 4.78 is 65.2. The van der Waals surface area contributed by atoms with Gasteiger partial charge in [0.1, 0.15) is 11.8 Å². The van der Waals surface area contributed by atoms with Crippen LogP contribution in [-0.2, 0) is 0 Å². The van der Waals surface area contributed by atoms with E-state index in [1.807, 2.05) is 0 Å². The molecule has 1 aromatic rings. The number of hydrogen-bond acceptors (Lipinski definition) is 4. The average molecular weight is 313 g/mol. The van der Waals surface area contributed by atoms with Crippen molar-refractivity contribution in [2.24, 2.45) is 0 Å². The number of carboxylic acid groups (broad SMARTS) is 1. The first-order valence-corrected chi connectivity index (χ1v) is 5.48. The number of nitrogens with zero attached hydrogens (tertiary/aromatic N) is 1. The van der Waals surface area contributed by atoms with E-state index in [-0.39, 0.29) is 0 Å². The zero-order valence-corrected chi connectivity index (χ0v) is 10.1. The largest absolute Gasteiger partial charge is 0.478 e. The molecule has 0 bridgehead atoms. The van der Waals surface area contributed by atoms with Crippen molar-refractivity contribution in [2.75, 3.05) is 0 Å². The zero-order chi connectivity index (χ0) is 15.5. The lowest BCUT2D eigenvalue weighted by Crippen LogP contribution is -2.09. The molecule has 0 heterocycles. The molecule has 0 aliphatic heterocycles. The molecule has 10 heteroatoms. The van der Waals surface area contributed by atoms with Crippen molar-refractivity contribution in [3.8, 4) is 11.8 Å². The van der Waals surface area contributed by atoms with Gasteiger partial charge in [-0.3, -0.25) is 0 Å². The highest BCUT2D eigenvalue weighted by Gasteiger charge is 2.34. The molecule has 108 valence electrons. The van der Waals surface area contributed by atoms with E-state index >= 15 is 0 Å². The van der Waals surface area contributed by atoms with Gasteiger partial charge in [-0.25, -0.2) is 4.79 Å². The lowest BCUT2D eigenvalue weighted by molar-refractivity contribution is -0.0528. The normalized spacial score (nSPS) is 11.2. The summed E-state index contributed by atoms with van der Waals surface area (Å²) in [6.45, 7) is -3.41. The number of rotatable bonds is 4. The van der Waals surface area contributed by atoms with Crippen molar-refractivity contribution in [1.29, 1.82) is 5.26 Å². The van der Waals surface area contributed by atoms with Crippen molar-refractivity contribution in [1.82, 2.24) is 0 Å². The highest BCUT2D eigenvalue weighted by atomic mass is 32.2. The number of ether oxygens (including phenoxy) is 1. The molecule has 20 heavy (non-hydrogen) atoms. The molecule has 0 aromatic heterocycles. The third-order valence-corrected chi connectivity index (χ3v) is 2.74. The van der Waals surface area contributed by atoms with Gasteiger partial charge < -0.3 is 9.84 Å². The number of nitriles is 1. The lowest BCUT2D eigenvalue weighted by Gasteiger charge is -2.14. The molecule has 0 radical (unpaired) electrons. The van der Waals surface area contributed by atoms with Gasteiger partial charge in [0.2, 0.25) is 0 Å². The standard InChI is InChI=1S/C10H4F5NO3S/c11-9(12)19-6-2-1-4(8(17)18)5(3-16)7(6)20-10(13,14)15/h1-2,9H,(H,17,18). The van der Waals surface area contributed by atoms with E-state index in [2.05, 4.69) is 4.74 Å². The Bertz CT molecular complexity index is 567. The van der Waals surface area contributed by atoms with E-state index < -0.39 is 51.6 Å². The summed E-state index contributed by atoms with van der Waals surface area (Å²) in [5.41, 5.74) is -6.53. The first-order chi connectivity index (χ1) is 9.15. The number of carboxylic acids is 1. The highest BCUT2D eigenvalue weighted by molar-refractivity contribution is 8.00. The van der Waals surface area contributed by atoms with E-state index in [1.165, 1.54) is 6.07 Å². The van der Waals surface area contributed by atoms with Crippen LogP contribution in [0.1, 0.15) is 15.9 Å². The van der Waals surface area contributed by atoms with Crippen LogP contribution < -0.4 is 4.74 Å². The molecule has 0 amide bonds. The molecule has 0 aliphatic rings. The predicted molar refractivity (Wildman–Crippen MR) is 56.7 cm³/mol. The van der Waals surface area contributed by atoms with Crippen molar-refractivity contribution >= 4 is 17.7 Å². The molecule has 0 atom stereocenters. The molecule has 0 fully saturated rings. The summed E-state index contributed by atoms with van der Waals surface area (Å²) in [4.78, 5) is 9.79. The SMILES string of the molecule is N#Cc1c(C(=O)O)ccc(OC(F)F)c1SC(F)(F)F. The van der Waals surface area contributed by atoms with Gasteiger partial charge in [0.05, 0.1) is 16.0 Å². The Balaban J connectivity index is 3.48. The Morgan fingerprint density at radius 2 is 2.00 bits per heavy atom. The molecule has 1 aromatic carbocycles. The maximum atomic E-state index is 12.4. The Kier molecular flexibility index (Phi) is 4.78. The fraction of sp³-hybridized carbons (Fsp3) is 0.200. The Labute approximate surface area is 112 Å². The lowest BCUT2D eigenvalue weighted by atomic mass is 10.1. The highest BCUT2D eigenvalue weighted by Crippen LogP contribution is 2.44. The van der Waals surface area contributed by atoms with Crippen molar-refractivity contribution in [3.05, 3.63) is 23.3 Å². The van der Waals surface area contributed by atoms with E-state index in [0.29, 0.717) is 6.07 Å². The quantitative estimate of drug-likeness (QED) is 0.681. The minimum absolute atomic E-state index is 0.643. The summed E-state index contributed by atoms with van der Waals surface area (Å²) in [5, 5.41) is 17.5. The monoisotopic (exact) mass is 313 g/mol. The van der Waals surface area contributed by atoms with Crippen LogP contribution in [0.4, 0.5) is 22.0 Å². The van der Waals surface area contributed by atoms with Gasteiger partial charge in [0.15, 0.2) is 0 Å². The number of carbonyl (C=O) groups is 1. The predicted octanol–water partition coefficient (Wildman–Crippen LogP) is 3.47. The molecule has 0 aliphatic carbocycles. The van der Waals surface area contributed by atoms with Crippen LogP contribution >= 0.6 is 11.8 Å². The third-order valence-electron chi connectivity index (χ3n) is 1.90. The van der Waals surface area contributed by atoms with Gasteiger partial charge in [0, 0.05) is 0 Å². The van der Waals surface area contributed by atoms with Crippen LogP contribution in [0.15, 0.2) is 17.0 Å². The second-order valence-corrected chi connectivity index (χ2v) is 4.23. The van der Waals surface area contributed by atoms with Crippen molar-refractivity contribution in [3.63, 3.8) is 0 Å². The van der Waals surface area contributed by atoms with Crippen LogP contribution in [0.5, 0.6) is 5.75 Å². The number of aromatic carboxylic acids is 1. The van der Waals surface area contributed by atoms with Crippen LogP contribution in [0.3, 0.4) is 0 Å². The third kappa shape index (κ3) is 3.99. The number of thioether (sulfide) groups is 1. The number of halogens is 5. The first kappa shape index (κ1) is 16.0. The van der Waals surface area contributed by atoms with Crippen LogP contribution in [0, 0.1) is 11.3 Å². The van der Waals surface area contributed by atoms with E-state index in [4.69, 9.17) is 10.4 Å². The summed E-state index contributed by atoms with van der Waals surface area (Å²) in [7, 11) is 0. The van der Waals surface area contributed by atoms with Gasteiger partial charge in [0.25, 0.3) is 0 Å². The first-order valence-electron chi connectivity index (χ1n) is 4.66. The molecule has 0 saturated heterocycles. The summed E-state index contributed by atoms with van der Waals surface area (Å²) in [6.07, 6.45) is 0. The van der Waals surface area contributed by atoms with E-state index in [0.717, 1.165) is 6.07 Å². The fourth-order valence-corrected chi connectivity index (χ4v) is 1.96. The van der Waals surface area contributed by atoms with Gasteiger partial charge >= 0.3 is 18.1 Å². The maximum absolute atomic E-state index is 12.4. The fourth-order valence-electron chi connectivity index (χ4n) is 1.26. The van der Waals surface area contributed by atoms with Gasteiger partial charge in [-0.15, -0.1) is 0 Å². The summed E-state index contributed by atoms with van der Waals surface area (Å²) in [5.74, 6) is -2.57. The van der Waals surface area contributed by atoms with Crippen LogP contribution in [0.25, 0.3) is 0 Å². The van der Waals surface area contributed by atoms with Gasteiger partial charge in [-0.2, -0.15) is 27.2 Å². The van der Waals surface area contributed by atoms with Crippen molar-refractivity contribution < 1.29 is 36.6 Å². The molecule has 0 saturated carbocycles. The topological polar surface area (TPSA) is 70.3 Å². The molecule has 0 spiro atoms. The van der Waals surface area contributed by atoms with Crippen molar-refractivity contribution in [2.45, 2.75) is 17.0 Å². The van der Waals surface area contributed by atoms with Gasteiger partial charge in [-0.1, -0.05) is 0 Å². The maximum Gasteiger partial charge on any atom is 0.446 e. The zero-order valence-electron chi connectivity index (χ0n) is 9.24. The van der Waals surface area contributed by atoms with Crippen LogP contribution in [0.2, 0.25) is 0 Å². The van der Waals surface area contributed by atoms with E-state index in [1.54, 1.807) is 0 Å². The Morgan fingerprint density at radius 1 is 1.40 bits per heavy atom. The molecule has 4 nitrogen and oxygen atoms in total. The van der Waals surface area contributed by atoms with E-state index in [9.17, 15) is 26.7 Å². The Hall–Kier alpha value is -2.02. The van der Waals surface area contributed by atoms with Crippen LogP contribution in [-0.4, -0.2) is 23.2 Å². The molecule has 1 N–H and O–H groups in total. The number of alkyl halides is 5. The number of benzene rings is 1.